The van der Waals surface area contributed by atoms with Crippen LogP contribution >= 0.6 is 0 Å². The average molecular weight is 238 g/mol. The van der Waals surface area contributed by atoms with E-state index in [1.165, 1.54) is 63.9 Å². The van der Waals surface area contributed by atoms with Crippen molar-refractivity contribution in [2.24, 2.45) is 5.92 Å². The Morgan fingerprint density at radius 2 is 1.82 bits per heavy atom. The third kappa shape index (κ3) is 7.19. The molecule has 2 nitrogen and oxygen atoms in total. The zero-order chi connectivity index (χ0) is 12.3. The van der Waals surface area contributed by atoms with Crippen molar-refractivity contribution in [3.8, 4) is 0 Å². The minimum atomic E-state index is -0.299. The lowest BCUT2D eigenvalue weighted by atomic mass is 9.85. The van der Waals surface area contributed by atoms with Crippen LogP contribution in [0.5, 0.6) is 0 Å². The number of unbranched alkanes of at least 4 members (excludes halogenated alkanes) is 3. The fourth-order valence-corrected chi connectivity index (χ4v) is 2.60. The second-order valence-electron chi connectivity index (χ2n) is 5.08. The normalized spacial score (nSPS) is 16.7. The third-order valence-corrected chi connectivity index (χ3v) is 3.64. The summed E-state index contributed by atoms with van der Waals surface area (Å²) in [4.78, 5) is 10.8. The largest absolute Gasteiger partial charge is 0.463 e. The molecule has 0 saturated heterocycles. The molecule has 1 rings (SSSR count). The molecule has 0 amide bonds. The van der Waals surface area contributed by atoms with Crippen LogP contribution < -0.4 is 0 Å². The predicted octanol–water partition coefficient (Wildman–Crippen LogP) is 4.25. The Labute approximate surface area is 105 Å². The summed E-state index contributed by atoms with van der Waals surface area (Å²) in [6, 6.07) is 0. The number of hydrogen-bond acceptors (Lipinski definition) is 2. The van der Waals surface area contributed by atoms with E-state index in [-0.39, 0.29) is 5.97 Å². The highest BCUT2D eigenvalue weighted by molar-refractivity contribution is 5.81. The zero-order valence-corrected chi connectivity index (χ0v) is 11.0. The third-order valence-electron chi connectivity index (χ3n) is 3.64. The van der Waals surface area contributed by atoms with Gasteiger partial charge in [-0.05, 0) is 12.3 Å². The van der Waals surface area contributed by atoms with Crippen LogP contribution in [0.25, 0.3) is 0 Å². The standard InChI is InChI=1S/C15H26O2/c1-2-15(16)17-13-9-4-3-6-10-14-11-7-5-8-12-14/h2,14H,1,3-13H2. The van der Waals surface area contributed by atoms with Gasteiger partial charge in [0.1, 0.15) is 0 Å². The van der Waals surface area contributed by atoms with Gasteiger partial charge in [0.05, 0.1) is 6.61 Å². The topological polar surface area (TPSA) is 26.3 Å². The molecule has 0 heterocycles. The molecule has 0 unspecified atom stereocenters. The van der Waals surface area contributed by atoms with Crippen LogP contribution in [0.2, 0.25) is 0 Å². The maximum absolute atomic E-state index is 10.8. The number of hydrogen-bond donors (Lipinski definition) is 0. The molecule has 0 spiro atoms. The smallest absolute Gasteiger partial charge is 0.330 e. The first-order valence-corrected chi connectivity index (χ1v) is 7.12. The highest BCUT2D eigenvalue weighted by Gasteiger charge is 2.12. The Hall–Kier alpha value is -0.790. The van der Waals surface area contributed by atoms with Gasteiger partial charge in [0.15, 0.2) is 0 Å². The predicted molar refractivity (Wildman–Crippen MR) is 70.8 cm³/mol. The van der Waals surface area contributed by atoms with Gasteiger partial charge in [-0.3, -0.25) is 0 Å². The fourth-order valence-electron chi connectivity index (χ4n) is 2.60. The van der Waals surface area contributed by atoms with Crippen molar-refractivity contribution in [1.29, 1.82) is 0 Å². The number of rotatable bonds is 8. The van der Waals surface area contributed by atoms with Crippen molar-refractivity contribution in [3.05, 3.63) is 12.7 Å². The number of carbonyl (C=O) groups is 1. The van der Waals surface area contributed by atoms with Crippen molar-refractivity contribution in [1.82, 2.24) is 0 Å². The molecule has 0 aromatic rings. The second kappa shape index (κ2) is 9.26. The van der Waals surface area contributed by atoms with Gasteiger partial charge in [-0.1, -0.05) is 64.4 Å². The van der Waals surface area contributed by atoms with Crippen molar-refractivity contribution in [2.45, 2.75) is 64.2 Å². The molecular formula is C15H26O2. The first-order valence-electron chi connectivity index (χ1n) is 7.12. The van der Waals surface area contributed by atoms with Gasteiger partial charge in [0.25, 0.3) is 0 Å². The van der Waals surface area contributed by atoms with Gasteiger partial charge in [0, 0.05) is 6.08 Å². The summed E-state index contributed by atoms with van der Waals surface area (Å²) >= 11 is 0. The fraction of sp³-hybridized carbons (Fsp3) is 0.800. The minimum absolute atomic E-state index is 0.299. The Morgan fingerprint density at radius 3 is 2.53 bits per heavy atom. The number of ether oxygens (including phenoxy) is 1. The summed E-state index contributed by atoms with van der Waals surface area (Å²) in [7, 11) is 0. The maximum Gasteiger partial charge on any atom is 0.330 e. The summed E-state index contributed by atoms with van der Waals surface area (Å²) in [6.07, 6.45) is 14.7. The first-order chi connectivity index (χ1) is 8.33. The van der Waals surface area contributed by atoms with Crippen molar-refractivity contribution in [3.63, 3.8) is 0 Å². The van der Waals surface area contributed by atoms with Crippen LogP contribution in [0, 0.1) is 5.92 Å². The monoisotopic (exact) mass is 238 g/mol. The Balaban J connectivity index is 1.83. The van der Waals surface area contributed by atoms with E-state index in [4.69, 9.17) is 4.74 Å². The molecule has 0 aliphatic heterocycles. The van der Waals surface area contributed by atoms with E-state index in [2.05, 4.69) is 6.58 Å². The average Bonchev–Trinajstić information content (AvgIpc) is 2.38. The Bertz CT molecular complexity index is 217. The van der Waals surface area contributed by atoms with Crippen molar-refractivity contribution >= 4 is 5.97 Å². The summed E-state index contributed by atoms with van der Waals surface area (Å²) < 4.78 is 4.93. The van der Waals surface area contributed by atoms with E-state index in [0.717, 1.165) is 12.3 Å². The highest BCUT2D eigenvalue weighted by Crippen LogP contribution is 2.27. The number of esters is 1. The molecule has 1 fully saturated rings. The minimum Gasteiger partial charge on any atom is -0.463 e. The van der Waals surface area contributed by atoms with E-state index in [9.17, 15) is 4.79 Å². The van der Waals surface area contributed by atoms with Crippen LogP contribution in [0.3, 0.4) is 0 Å². The molecule has 0 atom stereocenters. The lowest BCUT2D eigenvalue weighted by Crippen LogP contribution is -2.06. The summed E-state index contributed by atoms with van der Waals surface area (Å²) in [5, 5.41) is 0. The van der Waals surface area contributed by atoms with E-state index in [1.807, 2.05) is 0 Å². The van der Waals surface area contributed by atoms with E-state index >= 15 is 0 Å². The lowest BCUT2D eigenvalue weighted by molar-refractivity contribution is -0.137. The molecule has 2 heteroatoms. The van der Waals surface area contributed by atoms with E-state index in [1.54, 1.807) is 0 Å². The molecule has 0 aromatic carbocycles. The highest BCUT2D eigenvalue weighted by atomic mass is 16.5. The van der Waals surface area contributed by atoms with Crippen molar-refractivity contribution in [2.75, 3.05) is 6.61 Å². The maximum atomic E-state index is 10.8. The van der Waals surface area contributed by atoms with Gasteiger partial charge < -0.3 is 4.74 Å². The second-order valence-corrected chi connectivity index (χ2v) is 5.08. The molecule has 0 radical (unpaired) electrons. The summed E-state index contributed by atoms with van der Waals surface area (Å²) in [5.41, 5.74) is 0. The molecule has 1 saturated carbocycles. The van der Waals surface area contributed by atoms with Gasteiger partial charge in [-0.15, -0.1) is 0 Å². The molecule has 1 aliphatic rings. The molecule has 17 heavy (non-hydrogen) atoms. The molecule has 98 valence electrons. The van der Waals surface area contributed by atoms with Crippen molar-refractivity contribution < 1.29 is 9.53 Å². The van der Waals surface area contributed by atoms with E-state index < -0.39 is 0 Å². The Kier molecular flexibility index (Phi) is 7.78. The van der Waals surface area contributed by atoms with Gasteiger partial charge >= 0.3 is 5.97 Å². The van der Waals surface area contributed by atoms with Crippen LogP contribution in [0.15, 0.2) is 12.7 Å². The molecule has 0 bridgehead atoms. The summed E-state index contributed by atoms with van der Waals surface area (Å²) in [5.74, 6) is 0.703. The van der Waals surface area contributed by atoms with Crippen LogP contribution in [-0.2, 0) is 9.53 Å². The molecule has 1 aliphatic carbocycles. The van der Waals surface area contributed by atoms with Crippen LogP contribution in [0.1, 0.15) is 64.2 Å². The quantitative estimate of drug-likeness (QED) is 0.359. The van der Waals surface area contributed by atoms with Gasteiger partial charge in [-0.25, -0.2) is 4.79 Å². The van der Waals surface area contributed by atoms with Crippen LogP contribution in [0.4, 0.5) is 0 Å². The van der Waals surface area contributed by atoms with Gasteiger partial charge in [-0.2, -0.15) is 0 Å². The van der Waals surface area contributed by atoms with Crippen LogP contribution in [-0.4, -0.2) is 12.6 Å². The lowest BCUT2D eigenvalue weighted by Gasteiger charge is -2.21. The Morgan fingerprint density at radius 1 is 1.12 bits per heavy atom. The molecular weight excluding hydrogens is 212 g/mol. The van der Waals surface area contributed by atoms with E-state index in [0.29, 0.717) is 6.61 Å². The first kappa shape index (κ1) is 14.3. The molecule has 0 aromatic heterocycles. The SMILES string of the molecule is C=CC(=O)OCCCCCCC1CCCCC1. The summed E-state index contributed by atoms with van der Waals surface area (Å²) in [6.45, 7) is 3.92. The zero-order valence-electron chi connectivity index (χ0n) is 11.0. The van der Waals surface area contributed by atoms with Gasteiger partial charge in [0.2, 0.25) is 0 Å². The molecule has 0 N–H and O–H groups in total. The number of carbonyl (C=O) groups excluding carboxylic acids is 1.